The Morgan fingerprint density at radius 2 is 1.92 bits per heavy atom. The highest BCUT2D eigenvalue weighted by atomic mass is 32.1. The third-order valence-corrected chi connectivity index (χ3v) is 10.4. The lowest BCUT2D eigenvalue weighted by atomic mass is 10.1. The van der Waals surface area contributed by atoms with E-state index >= 15 is 0 Å². The van der Waals surface area contributed by atoms with Gasteiger partial charge in [-0.3, -0.25) is 9.88 Å². The molecular weight excluding hydrogens is 484 g/mol. The zero-order chi connectivity index (χ0) is 25.1. The molecule has 1 aliphatic carbocycles. The molecule has 36 heavy (non-hydrogen) atoms. The predicted molar refractivity (Wildman–Crippen MR) is 152 cm³/mol. The molecule has 0 N–H and O–H groups in total. The second kappa shape index (κ2) is 11.1. The van der Waals surface area contributed by atoms with Crippen LogP contribution in [0, 0.1) is 0 Å². The standard InChI is InChI=1S/C27H40N6OSSi/c1-5-21-11-8-14-32(21)22-17-24-23(28-18-22)12-13-25(29-24)33(19-34-15-16-36(2,3)4)27-31-30-26(35-27)20-9-6-7-10-20/h12-13,17-18,20-21H,5-11,14-16,19H2,1-4H3/t21-/m1/s1. The van der Waals surface area contributed by atoms with Gasteiger partial charge in [-0.25, -0.2) is 4.98 Å². The smallest absolute Gasteiger partial charge is 0.215 e. The number of hydrogen-bond donors (Lipinski definition) is 0. The summed E-state index contributed by atoms with van der Waals surface area (Å²) >= 11 is 1.70. The Labute approximate surface area is 220 Å². The van der Waals surface area contributed by atoms with Crippen molar-refractivity contribution in [1.29, 1.82) is 0 Å². The van der Waals surface area contributed by atoms with Crippen LogP contribution in [-0.2, 0) is 4.74 Å². The van der Waals surface area contributed by atoms with Crippen LogP contribution in [-0.4, -0.2) is 54.2 Å². The fraction of sp³-hybridized carbons (Fsp3) is 0.630. The van der Waals surface area contributed by atoms with Crippen molar-refractivity contribution in [3.05, 3.63) is 29.4 Å². The fourth-order valence-corrected chi connectivity index (χ4v) is 7.09. The van der Waals surface area contributed by atoms with Crippen molar-refractivity contribution in [2.24, 2.45) is 0 Å². The minimum absolute atomic E-state index is 0.430. The molecule has 3 aromatic rings. The first-order valence-corrected chi connectivity index (χ1v) is 18.2. The highest BCUT2D eigenvalue weighted by molar-refractivity contribution is 7.15. The van der Waals surface area contributed by atoms with Gasteiger partial charge in [0, 0.05) is 33.2 Å². The van der Waals surface area contributed by atoms with Crippen LogP contribution in [0.1, 0.15) is 62.8 Å². The number of rotatable bonds is 10. The number of ether oxygens (including phenoxy) is 1. The molecule has 1 saturated carbocycles. The molecule has 5 rings (SSSR count). The van der Waals surface area contributed by atoms with E-state index in [1.807, 2.05) is 12.3 Å². The summed E-state index contributed by atoms with van der Waals surface area (Å²) in [5, 5.41) is 11.2. The Kier molecular flexibility index (Phi) is 7.88. The Bertz CT molecular complexity index is 1160. The first-order chi connectivity index (χ1) is 17.4. The van der Waals surface area contributed by atoms with Crippen molar-refractivity contribution in [3.63, 3.8) is 0 Å². The number of pyridine rings is 2. The first-order valence-electron chi connectivity index (χ1n) is 13.6. The van der Waals surface area contributed by atoms with E-state index in [9.17, 15) is 0 Å². The van der Waals surface area contributed by atoms with E-state index in [0.717, 1.165) is 52.6 Å². The van der Waals surface area contributed by atoms with Gasteiger partial charge in [0.25, 0.3) is 0 Å². The van der Waals surface area contributed by atoms with Crippen molar-refractivity contribution < 1.29 is 4.74 Å². The van der Waals surface area contributed by atoms with Gasteiger partial charge in [0.2, 0.25) is 5.13 Å². The molecule has 9 heteroatoms. The molecule has 2 fully saturated rings. The topological polar surface area (TPSA) is 67.3 Å². The Morgan fingerprint density at radius 3 is 2.69 bits per heavy atom. The molecular formula is C27H40N6OSSi. The van der Waals surface area contributed by atoms with E-state index < -0.39 is 8.07 Å². The molecule has 0 unspecified atom stereocenters. The van der Waals surface area contributed by atoms with Crippen LogP contribution in [0.3, 0.4) is 0 Å². The maximum atomic E-state index is 6.20. The van der Waals surface area contributed by atoms with E-state index in [0.29, 0.717) is 18.7 Å². The van der Waals surface area contributed by atoms with Crippen LogP contribution in [0.15, 0.2) is 24.4 Å². The summed E-state index contributed by atoms with van der Waals surface area (Å²) in [6, 6.07) is 8.04. The van der Waals surface area contributed by atoms with Gasteiger partial charge in [-0.1, -0.05) is 50.7 Å². The summed E-state index contributed by atoms with van der Waals surface area (Å²) in [5.41, 5.74) is 3.01. The van der Waals surface area contributed by atoms with Gasteiger partial charge in [0.15, 0.2) is 0 Å². The fourth-order valence-electron chi connectivity index (χ4n) is 5.32. The zero-order valence-corrected chi connectivity index (χ0v) is 24.1. The van der Waals surface area contributed by atoms with E-state index in [1.54, 1.807) is 11.3 Å². The molecule has 7 nitrogen and oxygen atoms in total. The first kappa shape index (κ1) is 25.5. The average molecular weight is 525 g/mol. The van der Waals surface area contributed by atoms with E-state index in [-0.39, 0.29) is 0 Å². The molecule has 0 radical (unpaired) electrons. The minimum Gasteiger partial charge on any atom is -0.367 e. The van der Waals surface area contributed by atoms with Crippen LogP contribution >= 0.6 is 11.3 Å². The van der Waals surface area contributed by atoms with Crippen molar-refractivity contribution in [2.75, 3.05) is 29.7 Å². The van der Waals surface area contributed by atoms with Gasteiger partial charge in [-0.05, 0) is 56.3 Å². The summed E-state index contributed by atoms with van der Waals surface area (Å²) < 4.78 is 6.20. The summed E-state index contributed by atoms with van der Waals surface area (Å²) in [7, 11) is -1.16. The van der Waals surface area contributed by atoms with Gasteiger partial charge in [0.05, 0.1) is 22.9 Å². The van der Waals surface area contributed by atoms with Crippen molar-refractivity contribution in [2.45, 2.75) is 89.5 Å². The highest BCUT2D eigenvalue weighted by Gasteiger charge is 2.26. The molecule has 1 atom stereocenters. The van der Waals surface area contributed by atoms with Crippen molar-refractivity contribution in [1.82, 2.24) is 20.2 Å². The maximum absolute atomic E-state index is 6.20. The zero-order valence-electron chi connectivity index (χ0n) is 22.2. The van der Waals surface area contributed by atoms with Crippen LogP contribution in [0.2, 0.25) is 25.7 Å². The van der Waals surface area contributed by atoms with Crippen molar-refractivity contribution >= 4 is 47.1 Å². The molecule has 0 aromatic carbocycles. The van der Waals surface area contributed by atoms with Gasteiger partial charge < -0.3 is 9.64 Å². The molecule has 3 aromatic heterocycles. The Hall–Kier alpha value is -2.10. The lowest BCUT2D eigenvalue weighted by molar-refractivity contribution is 0.153. The summed E-state index contributed by atoms with van der Waals surface area (Å²) in [6.07, 6.45) is 10.7. The van der Waals surface area contributed by atoms with E-state index in [4.69, 9.17) is 14.7 Å². The highest BCUT2D eigenvalue weighted by Crippen LogP contribution is 2.38. The second-order valence-electron chi connectivity index (χ2n) is 11.5. The van der Waals surface area contributed by atoms with Gasteiger partial charge >= 0.3 is 0 Å². The second-order valence-corrected chi connectivity index (χ2v) is 18.1. The Balaban J connectivity index is 1.42. The molecule has 0 spiro atoms. The summed E-state index contributed by atoms with van der Waals surface area (Å²) in [4.78, 5) is 14.4. The van der Waals surface area contributed by atoms with Crippen LogP contribution < -0.4 is 9.80 Å². The summed E-state index contributed by atoms with van der Waals surface area (Å²) in [5.74, 6) is 1.39. The normalized spacial score (nSPS) is 19.0. The van der Waals surface area contributed by atoms with E-state index in [2.05, 4.69) is 58.7 Å². The maximum Gasteiger partial charge on any atom is 0.215 e. The van der Waals surface area contributed by atoms with Crippen LogP contribution in [0.25, 0.3) is 11.0 Å². The third-order valence-electron chi connectivity index (χ3n) is 7.55. The van der Waals surface area contributed by atoms with Crippen LogP contribution in [0.5, 0.6) is 0 Å². The minimum atomic E-state index is -1.16. The molecule has 194 valence electrons. The lowest BCUT2D eigenvalue weighted by Crippen LogP contribution is -2.28. The number of hydrogen-bond acceptors (Lipinski definition) is 8. The quantitative estimate of drug-likeness (QED) is 0.161. The number of anilines is 3. The molecule has 1 saturated heterocycles. The van der Waals surface area contributed by atoms with Gasteiger partial charge in [0.1, 0.15) is 17.6 Å². The Morgan fingerprint density at radius 1 is 1.08 bits per heavy atom. The SMILES string of the molecule is CC[C@@H]1CCCN1c1cnc2ccc(N(COCC[Si](C)(C)C)c3nnc(C4CCCC4)s3)nc2c1. The van der Waals surface area contributed by atoms with Crippen molar-refractivity contribution in [3.8, 4) is 0 Å². The third kappa shape index (κ3) is 5.89. The summed E-state index contributed by atoms with van der Waals surface area (Å²) in [6.45, 7) is 11.7. The average Bonchev–Trinajstić information content (AvgIpc) is 3.64. The monoisotopic (exact) mass is 524 g/mol. The molecule has 0 bridgehead atoms. The molecule has 4 heterocycles. The lowest BCUT2D eigenvalue weighted by Gasteiger charge is -2.26. The van der Waals surface area contributed by atoms with E-state index in [1.165, 1.54) is 44.2 Å². The molecule has 2 aliphatic rings. The largest absolute Gasteiger partial charge is 0.367 e. The van der Waals surface area contributed by atoms with Gasteiger partial charge in [-0.15, -0.1) is 10.2 Å². The predicted octanol–water partition coefficient (Wildman–Crippen LogP) is 6.97. The van der Waals surface area contributed by atoms with Crippen LogP contribution in [0.4, 0.5) is 16.6 Å². The molecule has 1 aliphatic heterocycles. The number of fused-ring (bicyclic) bond motifs is 1. The molecule has 0 amide bonds. The van der Waals surface area contributed by atoms with Gasteiger partial charge in [-0.2, -0.15) is 0 Å². The number of nitrogens with zero attached hydrogens (tertiary/aromatic N) is 6. The number of aromatic nitrogens is 4.